The zero-order chi connectivity index (χ0) is 19.4. The number of rotatable bonds is 6. The lowest BCUT2D eigenvalue weighted by Gasteiger charge is -2.34. The largest absolute Gasteiger partial charge is 0.340 e. The van der Waals surface area contributed by atoms with Crippen LogP contribution in [0.3, 0.4) is 0 Å². The number of amides is 1. The molecule has 0 spiro atoms. The van der Waals surface area contributed by atoms with Crippen LogP contribution >= 0.6 is 11.3 Å². The molecule has 1 aromatic heterocycles. The summed E-state index contributed by atoms with van der Waals surface area (Å²) in [7, 11) is -3.93. The van der Waals surface area contributed by atoms with Gasteiger partial charge >= 0.3 is 0 Å². The Morgan fingerprint density at radius 3 is 2.33 bits per heavy atom. The van der Waals surface area contributed by atoms with E-state index in [2.05, 4.69) is 0 Å². The third kappa shape index (κ3) is 4.42. The van der Waals surface area contributed by atoms with Crippen LogP contribution in [0.1, 0.15) is 22.5 Å². The van der Waals surface area contributed by atoms with Crippen LogP contribution in [0, 0.1) is 5.82 Å². The van der Waals surface area contributed by atoms with Gasteiger partial charge in [0.2, 0.25) is 15.9 Å². The Morgan fingerprint density at radius 1 is 1.00 bits per heavy atom. The van der Waals surface area contributed by atoms with E-state index in [1.807, 2.05) is 5.38 Å². The molecule has 9 heteroatoms. The summed E-state index contributed by atoms with van der Waals surface area (Å²) < 4.78 is 40.2. The van der Waals surface area contributed by atoms with E-state index in [1.165, 1.54) is 33.8 Å². The number of sulfonamides is 1. The van der Waals surface area contributed by atoms with Gasteiger partial charge in [0.05, 0.1) is 4.88 Å². The minimum atomic E-state index is -3.93. The molecule has 1 aliphatic heterocycles. The highest BCUT2D eigenvalue weighted by Crippen LogP contribution is 2.21. The van der Waals surface area contributed by atoms with Crippen molar-refractivity contribution in [3.05, 3.63) is 52.5 Å². The topological polar surface area (TPSA) is 74.8 Å². The smallest absolute Gasteiger partial charge is 0.246 e. The molecule has 27 heavy (non-hydrogen) atoms. The van der Waals surface area contributed by atoms with Gasteiger partial charge in [-0.3, -0.25) is 9.59 Å². The number of halogens is 1. The molecular weight excluding hydrogens is 391 g/mol. The summed E-state index contributed by atoms with van der Waals surface area (Å²) >= 11 is 1.34. The molecule has 0 N–H and O–H groups in total. The van der Waals surface area contributed by atoms with Crippen LogP contribution in [0.4, 0.5) is 4.39 Å². The van der Waals surface area contributed by atoms with Gasteiger partial charge in [-0.05, 0) is 23.6 Å². The van der Waals surface area contributed by atoms with Crippen LogP contribution in [-0.4, -0.2) is 55.5 Å². The van der Waals surface area contributed by atoms with Crippen molar-refractivity contribution >= 4 is 33.1 Å². The van der Waals surface area contributed by atoms with E-state index >= 15 is 0 Å². The first-order valence-corrected chi connectivity index (χ1v) is 10.8. The van der Waals surface area contributed by atoms with Gasteiger partial charge in [-0.1, -0.05) is 18.2 Å². The summed E-state index contributed by atoms with van der Waals surface area (Å²) in [5, 5.41) is 1.81. The molecule has 1 aromatic carbocycles. The molecule has 6 nitrogen and oxygen atoms in total. The summed E-state index contributed by atoms with van der Waals surface area (Å²) in [4.78, 5) is 26.1. The number of nitrogens with zero attached hydrogens (tertiary/aromatic N) is 2. The highest BCUT2D eigenvalue weighted by Gasteiger charge is 2.31. The maximum atomic E-state index is 13.8. The molecule has 0 unspecified atom stereocenters. The molecule has 3 rings (SSSR count). The zero-order valence-corrected chi connectivity index (χ0v) is 16.1. The molecule has 1 saturated heterocycles. The van der Waals surface area contributed by atoms with Crippen molar-refractivity contribution in [1.29, 1.82) is 0 Å². The minimum absolute atomic E-state index is 0.0703. The lowest BCUT2D eigenvalue weighted by Crippen LogP contribution is -2.50. The van der Waals surface area contributed by atoms with E-state index in [0.717, 1.165) is 6.07 Å². The maximum Gasteiger partial charge on any atom is 0.246 e. The van der Waals surface area contributed by atoms with E-state index < -0.39 is 15.8 Å². The normalized spacial score (nSPS) is 15.7. The Bertz CT molecular complexity index is 921. The Balaban J connectivity index is 1.55. The molecule has 0 aliphatic carbocycles. The maximum absolute atomic E-state index is 13.8. The number of hydrogen-bond acceptors (Lipinski definition) is 5. The number of benzene rings is 1. The van der Waals surface area contributed by atoms with Crippen molar-refractivity contribution in [1.82, 2.24) is 9.21 Å². The molecule has 1 amide bonds. The van der Waals surface area contributed by atoms with Crippen molar-refractivity contribution in [3.8, 4) is 0 Å². The van der Waals surface area contributed by atoms with Crippen molar-refractivity contribution in [2.24, 2.45) is 0 Å². The van der Waals surface area contributed by atoms with Crippen molar-refractivity contribution in [2.75, 3.05) is 26.2 Å². The fraction of sp³-hybridized carbons (Fsp3) is 0.333. The first kappa shape index (κ1) is 19.7. The molecule has 0 atom stereocenters. The van der Waals surface area contributed by atoms with E-state index in [0.29, 0.717) is 4.88 Å². The molecule has 0 radical (unpaired) electrons. The fourth-order valence-corrected chi connectivity index (χ4v) is 5.09. The third-order valence-electron chi connectivity index (χ3n) is 4.41. The van der Waals surface area contributed by atoms with Crippen molar-refractivity contribution in [2.45, 2.75) is 17.7 Å². The molecule has 1 aliphatic rings. The van der Waals surface area contributed by atoms with Crippen molar-refractivity contribution in [3.63, 3.8) is 0 Å². The minimum Gasteiger partial charge on any atom is -0.340 e. The average Bonchev–Trinajstić information content (AvgIpc) is 3.21. The van der Waals surface area contributed by atoms with Gasteiger partial charge in [-0.25, -0.2) is 12.8 Å². The molecular formula is C18H19FN2O4S2. The average molecular weight is 410 g/mol. The number of carbonyl (C=O) groups excluding carboxylic acids is 2. The Hall–Kier alpha value is -2.10. The molecule has 0 bridgehead atoms. The van der Waals surface area contributed by atoms with E-state index in [-0.39, 0.29) is 55.6 Å². The standard InChI is InChI=1S/C18H19FN2O4S2/c19-14-4-1-2-6-17(14)27(24,25)21-11-9-20(10-12-21)18(23)8-7-15(22)16-5-3-13-26-16/h1-6,13H,7-12H2. The first-order valence-electron chi connectivity index (χ1n) is 8.49. The SMILES string of the molecule is O=C(CCC(=O)N1CCN(S(=O)(=O)c2ccccc2F)CC1)c1cccs1. The summed E-state index contributed by atoms with van der Waals surface area (Å²) in [6.45, 7) is 0.641. The fourth-order valence-electron chi connectivity index (χ4n) is 2.91. The second kappa shape index (κ2) is 8.28. The van der Waals surface area contributed by atoms with E-state index in [4.69, 9.17) is 0 Å². The Morgan fingerprint density at radius 2 is 1.70 bits per heavy atom. The lowest BCUT2D eigenvalue weighted by atomic mass is 10.1. The summed E-state index contributed by atoms with van der Waals surface area (Å²) in [5.41, 5.74) is 0. The van der Waals surface area contributed by atoms with Crippen LogP contribution in [0.25, 0.3) is 0 Å². The van der Waals surface area contributed by atoms with Gasteiger partial charge < -0.3 is 4.90 Å². The monoisotopic (exact) mass is 410 g/mol. The van der Waals surface area contributed by atoms with Crippen LogP contribution < -0.4 is 0 Å². The summed E-state index contributed by atoms with van der Waals surface area (Å²) in [6, 6.07) is 8.76. The van der Waals surface area contributed by atoms with Gasteiger partial charge in [0.15, 0.2) is 5.78 Å². The predicted molar refractivity (Wildman–Crippen MR) is 99.6 cm³/mol. The third-order valence-corrected chi connectivity index (χ3v) is 7.25. The van der Waals surface area contributed by atoms with Gasteiger partial charge in [-0.2, -0.15) is 4.31 Å². The van der Waals surface area contributed by atoms with Gasteiger partial charge in [0, 0.05) is 39.0 Å². The van der Waals surface area contributed by atoms with Crippen LogP contribution in [0.5, 0.6) is 0 Å². The second-order valence-electron chi connectivity index (χ2n) is 6.12. The van der Waals surface area contributed by atoms with Gasteiger partial charge in [-0.15, -0.1) is 11.3 Å². The van der Waals surface area contributed by atoms with Crippen LogP contribution in [0.15, 0.2) is 46.7 Å². The van der Waals surface area contributed by atoms with Crippen LogP contribution in [0.2, 0.25) is 0 Å². The van der Waals surface area contributed by atoms with Gasteiger partial charge in [0.25, 0.3) is 0 Å². The highest BCUT2D eigenvalue weighted by atomic mass is 32.2. The molecule has 0 saturated carbocycles. The summed E-state index contributed by atoms with van der Waals surface area (Å²) in [5.74, 6) is -1.04. The zero-order valence-electron chi connectivity index (χ0n) is 14.5. The second-order valence-corrected chi connectivity index (χ2v) is 8.97. The number of piperazine rings is 1. The van der Waals surface area contributed by atoms with Crippen LogP contribution in [-0.2, 0) is 14.8 Å². The van der Waals surface area contributed by atoms with Crippen molar-refractivity contribution < 1.29 is 22.4 Å². The number of carbonyl (C=O) groups is 2. The Kier molecular flexibility index (Phi) is 6.03. The molecule has 2 aromatic rings. The number of thiophene rings is 1. The summed E-state index contributed by atoms with van der Waals surface area (Å²) in [6.07, 6.45) is 0.226. The van der Waals surface area contributed by atoms with Gasteiger partial charge in [0.1, 0.15) is 10.7 Å². The molecule has 144 valence electrons. The molecule has 2 heterocycles. The quantitative estimate of drug-likeness (QED) is 0.686. The lowest BCUT2D eigenvalue weighted by molar-refractivity contribution is -0.132. The van der Waals surface area contributed by atoms with E-state index in [1.54, 1.807) is 17.0 Å². The van der Waals surface area contributed by atoms with E-state index in [9.17, 15) is 22.4 Å². The molecule has 1 fully saturated rings. The predicted octanol–water partition coefficient (Wildman–Crippen LogP) is 2.38. The Labute approximate surface area is 161 Å². The highest BCUT2D eigenvalue weighted by molar-refractivity contribution is 7.89. The number of Topliss-reactive ketones (excluding diaryl/α,β-unsaturated/α-hetero) is 1. The number of ketones is 1. The first-order chi connectivity index (χ1) is 12.9. The number of hydrogen-bond donors (Lipinski definition) is 0.